The molecule has 0 spiro atoms. The van der Waals surface area contributed by atoms with E-state index in [2.05, 4.69) is 42.0 Å². The predicted molar refractivity (Wildman–Crippen MR) is 83.2 cm³/mol. The average molecular weight is 340 g/mol. The van der Waals surface area contributed by atoms with Crippen LogP contribution in [0.5, 0.6) is 0 Å². The van der Waals surface area contributed by atoms with Crippen LogP contribution < -0.4 is 5.32 Å². The van der Waals surface area contributed by atoms with E-state index in [0.29, 0.717) is 24.0 Å². The monoisotopic (exact) mass is 339 g/mol. The molecular formula is C15H22BrN3O. The molecule has 1 N–H and O–H groups in total. The van der Waals surface area contributed by atoms with Crippen molar-refractivity contribution in [3.63, 3.8) is 0 Å². The maximum absolute atomic E-state index is 5.96. The molecule has 3 unspecified atom stereocenters. The average Bonchev–Trinajstić information content (AvgIpc) is 3.03. The van der Waals surface area contributed by atoms with E-state index >= 15 is 0 Å². The molecule has 1 aromatic rings. The van der Waals surface area contributed by atoms with Crippen LogP contribution >= 0.6 is 15.9 Å². The van der Waals surface area contributed by atoms with Crippen LogP contribution in [0.25, 0.3) is 0 Å². The molecule has 0 aliphatic carbocycles. The van der Waals surface area contributed by atoms with Crippen LogP contribution in [-0.4, -0.2) is 28.7 Å². The number of ether oxygens (including phenoxy) is 1. The van der Waals surface area contributed by atoms with Crippen molar-refractivity contribution >= 4 is 21.7 Å². The summed E-state index contributed by atoms with van der Waals surface area (Å²) in [5, 5.41) is 3.34. The van der Waals surface area contributed by atoms with Crippen LogP contribution in [0.4, 0.5) is 5.82 Å². The van der Waals surface area contributed by atoms with Crippen LogP contribution in [0.3, 0.4) is 0 Å². The number of nitrogens with one attached hydrogen (secondary N) is 1. The van der Waals surface area contributed by atoms with E-state index in [9.17, 15) is 0 Å². The van der Waals surface area contributed by atoms with Gasteiger partial charge in [-0.15, -0.1) is 0 Å². The van der Waals surface area contributed by atoms with E-state index in [1.807, 2.05) is 0 Å². The second-order valence-electron chi connectivity index (χ2n) is 6.03. The summed E-state index contributed by atoms with van der Waals surface area (Å²) in [4.78, 5) is 9.59. The lowest BCUT2D eigenvalue weighted by Crippen LogP contribution is -2.19. The van der Waals surface area contributed by atoms with Crippen molar-refractivity contribution in [1.29, 1.82) is 0 Å². The maximum atomic E-state index is 5.96. The Balaban J connectivity index is 1.98. The molecule has 1 aromatic heterocycles. The van der Waals surface area contributed by atoms with E-state index in [1.165, 1.54) is 6.42 Å². The molecule has 0 saturated carbocycles. The number of nitrogens with zero attached hydrogens (tertiary/aromatic N) is 2. The van der Waals surface area contributed by atoms with Crippen molar-refractivity contribution in [3.05, 3.63) is 16.0 Å². The zero-order valence-corrected chi connectivity index (χ0v) is 13.9. The number of aromatic nitrogens is 2. The summed E-state index contributed by atoms with van der Waals surface area (Å²) in [6.07, 6.45) is 4.20. The summed E-state index contributed by atoms with van der Waals surface area (Å²) < 4.78 is 6.96. The molecule has 3 rings (SSSR count). The zero-order chi connectivity index (χ0) is 14.3. The highest BCUT2D eigenvalue weighted by molar-refractivity contribution is 9.10. The van der Waals surface area contributed by atoms with Crippen LogP contribution in [0.2, 0.25) is 0 Å². The van der Waals surface area contributed by atoms with E-state index < -0.39 is 0 Å². The van der Waals surface area contributed by atoms with Crippen molar-refractivity contribution in [1.82, 2.24) is 9.97 Å². The van der Waals surface area contributed by atoms with Gasteiger partial charge in [0.15, 0.2) is 0 Å². The van der Waals surface area contributed by atoms with Crippen molar-refractivity contribution in [2.75, 3.05) is 11.9 Å². The summed E-state index contributed by atoms with van der Waals surface area (Å²) >= 11 is 3.65. The third-order valence-electron chi connectivity index (χ3n) is 4.22. The van der Waals surface area contributed by atoms with Gasteiger partial charge in [0.2, 0.25) is 0 Å². The fourth-order valence-corrected chi connectivity index (χ4v) is 4.00. The second kappa shape index (κ2) is 5.60. The van der Waals surface area contributed by atoms with Gasteiger partial charge in [-0.1, -0.05) is 13.8 Å². The fraction of sp³-hybridized carbons (Fsp3) is 0.733. The molecule has 2 fully saturated rings. The minimum atomic E-state index is 0.329. The van der Waals surface area contributed by atoms with Gasteiger partial charge in [-0.2, -0.15) is 0 Å². The second-order valence-corrected chi connectivity index (χ2v) is 6.82. The number of rotatable bonds is 4. The maximum Gasteiger partial charge on any atom is 0.144 e. The molecule has 0 radical (unpaired) electrons. The molecule has 0 aromatic carbocycles. The third kappa shape index (κ3) is 2.46. The molecule has 4 nitrogen and oxygen atoms in total. The van der Waals surface area contributed by atoms with Crippen LogP contribution in [0.1, 0.15) is 63.4 Å². The lowest BCUT2D eigenvalue weighted by atomic mass is 9.88. The highest BCUT2D eigenvalue weighted by Crippen LogP contribution is 2.44. The normalized spacial score (nSPS) is 28.4. The largest absolute Gasteiger partial charge is 0.374 e. The molecule has 2 bridgehead atoms. The van der Waals surface area contributed by atoms with Gasteiger partial charge in [0, 0.05) is 12.5 Å². The highest BCUT2D eigenvalue weighted by atomic mass is 79.9. The van der Waals surface area contributed by atoms with Gasteiger partial charge in [-0.05, 0) is 48.0 Å². The lowest BCUT2D eigenvalue weighted by molar-refractivity contribution is 0.0998. The van der Waals surface area contributed by atoms with E-state index in [4.69, 9.17) is 14.7 Å². The number of anilines is 1. The van der Waals surface area contributed by atoms with Crippen molar-refractivity contribution < 1.29 is 4.74 Å². The van der Waals surface area contributed by atoms with Crippen molar-refractivity contribution in [2.45, 2.75) is 64.1 Å². The van der Waals surface area contributed by atoms with Crippen LogP contribution in [-0.2, 0) is 4.74 Å². The Hall–Kier alpha value is -0.680. The van der Waals surface area contributed by atoms with Crippen molar-refractivity contribution in [3.8, 4) is 0 Å². The minimum Gasteiger partial charge on any atom is -0.374 e. The van der Waals surface area contributed by atoms with Crippen molar-refractivity contribution in [2.24, 2.45) is 0 Å². The first kappa shape index (κ1) is 14.3. The minimum absolute atomic E-state index is 0.329. The Labute approximate surface area is 128 Å². The number of hydrogen-bond acceptors (Lipinski definition) is 4. The molecular weight excluding hydrogens is 318 g/mol. The van der Waals surface area contributed by atoms with Gasteiger partial charge >= 0.3 is 0 Å². The van der Waals surface area contributed by atoms with Gasteiger partial charge in [-0.3, -0.25) is 0 Å². The molecule has 110 valence electrons. The highest BCUT2D eigenvalue weighted by Gasteiger charge is 2.43. The van der Waals surface area contributed by atoms with Crippen LogP contribution in [0, 0.1) is 0 Å². The summed E-state index contributed by atoms with van der Waals surface area (Å²) in [6.45, 7) is 7.29. The summed E-state index contributed by atoms with van der Waals surface area (Å²) in [5.41, 5.74) is 1.09. The van der Waals surface area contributed by atoms with Gasteiger partial charge in [0.05, 0.1) is 22.4 Å². The Morgan fingerprint density at radius 3 is 2.70 bits per heavy atom. The molecule has 2 aliphatic heterocycles. The first-order chi connectivity index (χ1) is 9.60. The molecule has 3 atom stereocenters. The number of halogens is 1. The fourth-order valence-electron chi connectivity index (χ4n) is 3.22. The summed E-state index contributed by atoms with van der Waals surface area (Å²) in [5.74, 6) is 2.63. The zero-order valence-electron chi connectivity index (χ0n) is 12.3. The number of hydrogen-bond donors (Lipinski definition) is 1. The van der Waals surface area contributed by atoms with E-state index in [1.54, 1.807) is 0 Å². The summed E-state index contributed by atoms with van der Waals surface area (Å²) in [7, 11) is 0. The van der Waals surface area contributed by atoms with E-state index in [-0.39, 0.29) is 0 Å². The standard InChI is InChI=1S/C15H22BrN3O/c1-4-17-15-12(16)13(8(2)3)18-14(19-15)10-7-9-5-6-11(10)20-9/h8-11H,4-7H2,1-3H3,(H,17,18,19). The quantitative estimate of drug-likeness (QED) is 0.905. The van der Waals surface area contributed by atoms with E-state index in [0.717, 1.165) is 41.2 Å². The predicted octanol–water partition coefficient (Wildman–Crippen LogP) is 3.83. The first-order valence-corrected chi connectivity index (χ1v) is 8.36. The van der Waals surface area contributed by atoms with Crippen LogP contribution in [0.15, 0.2) is 4.47 Å². The lowest BCUT2D eigenvalue weighted by Gasteiger charge is -2.20. The number of fused-ring (bicyclic) bond motifs is 2. The smallest absolute Gasteiger partial charge is 0.144 e. The molecule has 20 heavy (non-hydrogen) atoms. The SMILES string of the molecule is CCNc1nc(C2CC3CCC2O3)nc(C(C)C)c1Br. The Bertz CT molecular complexity index is 506. The van der Waals surface area contributed by atoms with Gasteiger partial charge < -0.3 is 10.1 Å². The van der Waals surface area contributed by atoms with Gasteiger partial charge in [0.1, 0.15) is 11.6 Å². The van der Waals surface area contributed by atoms with Gasteiger partial charge in [-0.25, -0.2) is 9.97 Å². The molecule has 0 amide bonds. The first-order valence-electron chi connectivity index (χ1n) is 7.56. The third-order valence-corrected chi connectivity index (χ3v) is 5.00. The Kier molecular flexibility index (Phi) is 4.00. The molecule has 5 heteroatoms. The van der Waals surface area contributed by atoms with Gasteiger partial charge in [0.25, 0.3) is 0 Å². The summed E-state index contributed by atoms with van der Waals surface area (Å²) in [6, 6.07) is 0. The molecule has 3 heterocycles. The molecule has 2 aliphatic rings. The Morgan fingerprint density at radius 2 is 2.15 bits per heavy atom. The Morgan fingerprint density at radius 1 is 1.35 bits per heavy atom. The molecule has 2 saturated heterocycles. The topological polar surface area (TPSA) is 47.0 Å².